The van der Waals surface area contributed by atoms with Crippen LogP contribution in [0, 0.1) is 12.8 Å². The molecule has 3 aliphatic rings. The molecule has 1 spiro atoms. The number of morpholine rings is 1. The molecule has 27 heavy (non-hydrogen) atoms. The van der Waals surface area contributed by atoms with Gasteiger partial charge in [-0.15, -0.1) is 0 Å². The minimum atomic E-state index is -0.226. The number of nitrogens with zero attached hydrogens (tertiary/aromatic N) is 1. The third-order valence-corrected chi connectivity index (χ3v) is 5.76. The fourth-order valence-corrected chi connectivity index (χ4v) is 3.78. The molecule has 1 aliphatic carbocycles. The summed E-state index contributed by atoms with van der Waals surface area (Å²) in [6.07, 6.45) is 4.24. The molecule has 148 valence electrons. The number of rotatable bonds is 5. The van der Waals surface area contributed by atoms with Gasteiger partial charge in [0.1, 0.15) is 5.75 Å². The number of aryl methyl sites for hydroxylation is 1. The van der Waals surface area contributed by atoms with Crippen molar-refractivity contribution in [3.05, 3.63) is 29.3 Å². The van der Waals surface area contributed by atoms with Gasteiger partial charge in [0.25, 0.3) is 0 Å². The topological polar surface area (TPSA) is 60.0 Å². The fourth-order valence-electron chi connectivity index (χ4n) is 3.78. The van der Waals surface area contributed by atoms with E-state index in [2.05, 4.69) is 30.4 Å². The first-order chi connectivity index (χ1) is 13.1. The number of carbonyl (C=O) groups excluding carboxylic acids is 1. The van der Waals surface area contributed by atoms with Crippen molar-refractivity contribution in [1.29, 1.82) is 0 Å². The molecular weight excluding hydrogens is 344 g/mol. The molecule has 3 fully saturated rings. The molecule has 4 rings (SSSR count). The quantitative estimate of drug-likeness (QED) is 0.861. The highest BCUT2D eigenvalue weighted by molar-refractivity contribution is 5.74. The Morgan fingerprint density at radius 1 is 1.30 bits per heavy atom. The number of amides is 2. The summed E-state index contributed by atoms with van der Waals surface area (Å²) in [4.78, 5) is 14.6. The van der Waals surface area contributed by atoms with Crippen LogP contribution in [0.3, 0.4) is 0 Å². The summed E-state index contributed by atoms with van der Waals surface area (Å²) in [5.41, 5.74) is 1.98. The van der Waals surface area contributed by atoms with Crippen molar-refractivity contribution in [1.82, 2.24) is 10.2 Å². The smallest absolute Gasteiger partial charge is 0.317 e. The van der Waals surface area contributed by atoms with E-state index in [1.165, 1.54) is 18.4 Å². The molecule has 2 amide bonds. The van der Waals surface area contributed by atoms with E-state index < -0.39 is 0 Å². The van der Waals surface area contributed by atoms with Crippen LogP contribution >= 0.6 is 0 Å². The maximum atomic E-state index is 12.7. The Morgan fingerprint density at radius 2 is 2.11 bits per heavy atom. The number of nitrogens with one attached hydrogen (secondary N) is 1. The molecule has 1 saturated carbocycles. The van der Waals surface area contributed by atoms with Crippen LogP contribution in [-0.4, -0.2) is 56.0 Å². The zero-order valence-corrected chi connectivity index (χ0v) is 16.2. The molecule has 1 aromatic rings. The predicted molar refractivity (Wildman–Crippen MR) is 102 cm³/mol. The summed E-state index contributed by atoms with van der Waals surface area (Å²) in [7, 11) is 0. The molecule has 1 N–H and O–H groups in total. The minimum Gasteiger partial charge on any atom is -0.493 e. The number of carbonyl (C=O) groups is 1. The number of urea groups is 1. The number of hydrogen-bond donors (Lipinski definition) is 1. The first-order valence-corrected chi connectivity index (χ1v) is 10.1. The first kappa shape index (κ1) is 18.6. The average Bonchev–Trinajstić information content (AvgIpc) is 3.50. The second-order valence-corrected chi connectivity index (χ2v) is 8.09. The summed E-state index contributed by atoms with van der Waals surface area (Å²) in [5.74, 6) is 1.60. The Morgan fingerprint density at radius 3 is 2.89 bits per heavy atom. The van der Waals surface area contributed by atoms with Crippen molar-refractivity contribution >= 4 is 6.03 Å². The van der Waals surface area contributed by atoms with Crippen molar-refractivity contribution in [2.75, 3.05) is 39.5 Å². The van der Waals surface area contributed by atoms with Crippen LogP contribution in [0.25, 0.3) is 0 Å². The average molecular weight is 374 g/mol. The predicted octanol–water partition coefficient (Wildman–Crippen LogP) is 2.87. The highest BCUT2D eigenvalue weighted by Gasteiger charge is 2.39. The monoisotopic (exact) mass is 374 g/mol. The van der Waals surface area contributed by atoms with Crippen LogP contribution < -0.4 is 10.1 Å². The Labute approximate surface area is 161 Å². The van der Waals surface area contributed by atoms with Gasteiger partial charge in [0, 0.05) is 44.7 Å². The third-order valence-electron chi connectivity index (χ3n) is 5.76. The lowest BCUT2D eigenvalue weighted by Gasteiger charge is -2.44. The molecular formula is C21H30N2O4. The van der Waals surface area contributed by atoms with Crippen LogP contribution in [0.2, 0.25) is 0 Å². The van der Waals surface area contributed by atoms with E-state index in [4.69, 9.17) is 14.2 Å². The van der Waals surface area contributed by atoms with Crippen molar-refractivity contribution in [2.24, 2.45) is 5.92 Å². The second-order valence-electron chi connectivity index (χ2n) is 8.09. The van der Waals surface area contributed by atoms with E-state index in [0.717, 1.165) is 30.8 Å². The second kappa shape index (κ2) is 8.07. The van der Waals surface area contributed by atoms with Crippen LogP contribution in [-0.2, 0) is 16.0 Å². The van der Waals surface area contributed by atoms with E-state index in [-0.39, 0.29) is 11.6 Å². The van der Waals surface area contributed by atoms with Crippen molar-refractivity contribution in [2.45, 2.75) is 44.8 Å². The molecule has 0 atom stereocenters. The molecule has 2 saturated heterocycles. The number of ether oxygens (including phenoxy) is 3. The Balaban J connectivity index is 1.34. The molecule has 2 heterocycles. The Bertz CT molecular complexity index is 663. The van der Waals surface area contributed by atoms with Gasteiger partial charge < -0.3 is 24.4 Å². The van der Waals surface area contributed by atoms with E-state index in [1.807, 2.05) is 4.90 Å². The highest BCUT2D eigenvalue weighted by Crippen LogP contribution is 2.31. The van der Waals surface area contributed by atoms with Gasteiger partial charge in [0.2, 0.25) is 0 Å². The number of hydrogen-bond acceptors (Lipinski definition) is 4. The van der Waals surface area contributed by atoms with E-state index in [0.29, 0.717) is 45.4 Å². The van der Waals surface area contributed by atoms with Crippen LogP contribution in [0.15, 0.2) is 18.2 Å². The zero-order chi connectivity index (χ0) is 18.7. The van der Waals surface area contributed by atoms with Gasteiger partial charge in [-0.2, -0.15) is 0 Å². The summed E-state index contributed by atoms with van der Waals surface area (Å²) in [6, 6.07) is 6.15. The normalized spacial score (nSPS) is 21.9. The van der Waals surface area contributed by atoms with E-state index in [9.17, 15) is 4.79 Å². The molecule has 1 aromatic carbocycles. The summed E-state index contributed by atoms with van der Waals surface area (Å²) < 4.78 is 17.5. The van der Waals surface area contributed by atoms with Crippen LogP contribution in [0.4, 0.5) is 4.79 Å². The molecule has 6 nitrogen and oxygen atoms in total. The molecule has 0 bridgehead atoms. The van der Waals surface area contributed by atoms with Crippen molar-refractivity contribution in [3.63, 3.8) is 0 Å². The maximum Gasteiger partial charge on any atom is 0.317 e. The summed E-state index contributed by atoms with van der Waals surface area (Å²) >= 11 is 0. The zero-order valence-electron chi connectivity index (χ0n) is 16.2. The lowest BCUT2D eigenvalue weighted by atomic mass is 9.92. The molecule has 2 aliphatic heterocycles. The van der Waals surface area contributed by atoms with Crippen molar-refractivity contribution in [3.8, 4) is 5.75 Å². The van der Waals surface area contributed by atoms with E-state index in [1.54, 1.807) is 0 Å². The van der Waals surface area contributed by atoms with Gasteiger partial charge in [-0.1, -0.05) is 12.1 Å². The molecule has 0 radical (unpaired) electrons. The fraction of sp³-hybridized carbons (Fsp3) is 0.667. The van der Waals surface area contributed by atoms with Gasteiger partial charge in [-0.3, -0.25) is 0 Å². The molecule has 0 unspecified atom stereocenters. The molecule has 6 heteroatoms. The SMILES string of the molecule is Cc1ccc(CNC(=O)N2CCOC3(CCOCC3)C2)c(OCC2CC2)c1. The third kappa shape index (κ3) is 4.74. The first-order valence-electron chi connectivity index (χ1n) is 10.1. The van der Waals surface area contributed by atoms with Crippen molar-refractivity contribution < 1.29 is 19.0 Å². The minimum absolute atomic E-state index is 0.0297. The van der Waals surface area contributed by atoms with Gasteiger partial charge >= 0.3 is 6.03 Å². The Hall–Kier alpha value is -1.79. The van der Waals surface area contributed by atoms with E-state index >= 15 is 0 Å². The largest absolute Gasteiger partial charge is 0.493 e. The number of benzene rings is 1. The Kier molecular flexibility index (Phi) is 5.55. The van der Waals surface area contributed by atoms with Gasteiger partial charge in [0.05, 0.1) is 25.4 Å². The maximum absolute atomic E-state index is 12.7. The van der Waals surface area contributed by atoms with Gasteiger partial charge in [-0.05, 0) is 37.3 Å². The highest BCUT2D eigenvalue weighted by atomic mass is 16.5. The van der Waals surface area contributed by atoms with Gasteiger partial charge in [-0.25, -0.2) is 4.79 Å². The van der Waals surface area contributed by atoms with Crippen LogP contribution in [0.5, 0.6) is 5.75 Å². The van der Waals surface area contributed by atoms with Gasteiger partial charge in [0.15, 0.2) is 0 Å². The summed E-state index contributed by atoms with van der Waals surface area (Å²) in [6.45, 7) is 6.60. The lowest BCUT2D eigenvalue weighted by molar-refractivity contribution is -0.145. The lowest BCUT2D eigenvalue weighted by Crippen LogP contribution is -2.57. The van der Waals surface area contributed by atoms with Crippen LogP contribution in [0.1, 0.15) is 36.8 Å². The summed E-state index contributed by atoms with van der Waals surface area (Å²) in [5, 5.41) is 3.07. The molecule has 0 aromatic heterocycles. The standard InChI is InChI=1S/C21H30N2O4/c1-16-2-5-18(19(12-16)26-14-17-3-4-17)13-22-20(24)23-8-11-27-21(15-23)6-9-25-10-7-21/h2,5,12,17H,3-4,6-11,13-15H2,1H3,(H,22,24).